The van der Waals surface area contributed by atoms with Crippen LogP contribution in [0.1, 0.15) is 12.8 Å². The Morgan fingerprint density at radius 1 is 1.47 bits per heavy atom. The van der Waals surface area contributed by atoms with E-state index in [0.717, 1.165) is 34.6 Å². The summed E-state index contributed by atoms with van der Waals surface area (Å²) in [5.74, 6) is 0.956. The fourth-order valence-electron chi connectivity index (χ4n) is 2.16. The molecule has 0 N–H and O–H groups in total. The maximum absolute atomic E-state index is 6.03. The summed E-state index contributed by atoms with van der Waals surface area (Å²) in [7, 11) is 0. The van der Waals surface area contributed by atoms with Crippen LogP contribution in [0.4, 0.5) is 0 Å². The van der Waals surface area contributed by atoms with E-state index in [1.165, 1.54) is 6.42 Å². The van der Waals surface area contributed by atoms with Crippen molar-refractivity contribution in [1.82, 2.24) is 9.55 Å². The number of aromatic nitrogens is 2. The zero-order chi connectivity index (χ0) is 13.1. The van der Waals surface area contributed by atoms with Crippen molar-refractivity contribution in [3.8, 4) is 5.69 Å². The lowest BCUT2D eigenvalue weighted by atomic mass is 10.3. The lowest BCUT2D eigenvalue weighted by Crippen LogP contribution is -2.08. The molecule has 0 saturated carbocycles. The van der Waals surface area contributed by atoms with Crippen LogP contribution in [0.2, 0.25) is 5.02 Å². The van der Waals surface area contributed by atoms with Gasteiger partial charge >= 0.3 is 0 Å². The van der Waals surface area contributed by atoms with Crippen LogP contribution < -0.4 is 0 Å². The molecule has 0 radical (unpaired) electrons. The molecule has 0 spiro atoms. The fraction of sp³-hybridized carbons (Fsp3) is 0.357. The molecule has 19 heavy (non-hydrogen) atoms. The van der Waals surface area contributed by atoms with Gasteiger partial charge in [0.1, 0.15) is 0 Å². The molecule has 1 unspecified atom stereocenters. The number of hydrogen-bond acceptors (Lipinski definition) is 3. The molecule has 0 aliphatic carbocycles. The van der Waals surface area contributed by atoms with Crippen LogP contribution in [0, 0.1) is 0 Å². The third kappa shape index (κ3) is 3.14. The molecule has 1 aromatic heterocycles. The first-order valence-electron chi connectivity index (χ1n) is 6.36. The Morgan fingerprint density at radius 3 is 3.21 bits per heavy atom. The van der Waals surface area contributed by atoms with E-state index in [4.69, 9.17) is 16.3 Å². The summed E-state index contributed by atoms with van der Waals surface area (Å²) in [6, 6.07) is 7.80. The topological polar surface area (TPSA) is 27.1 Å². The predicted octanol–water partition coefficient (Wildman–Crippen LogP) is 3.80. The van der Waals surface area contributed by atoms with Gasteiger partial charge in [-0.25, -0.2) is 4.98 Å². The van der Waals surface area contributed by atoms with Gasteiger partial charge in [0.15, 0.2) is 5.16 Å². The van der Waals surface area contributed by atoms with Crippen molar-refractivity contribution in [2.24, 2.45) is 0 Å². The second-order valence-electron chi connectivity index (χ2n) is 4.51. The molecule has 100 valence electrons. The Balaban J connectivity index is 1.74. The summed E-state index contributed by atoms with van der Waals surface area (Å²) in [4.78, 5) is 4.41. The molecule has 1 aliphatic rings. The number of hydrogen-bond donors (Lipinski definition) is 0. The van der Waals surface area contributed by atoms with Gasteiger partial charge < -0.3 is 4.74 Å². The molecule has 1 fully saturated rings. The SMILES string of the molecule is Clc1cccc(-n2ccnc2SCC2CCCO2)c1. The fourth-order valence-corrected chi connectivity index (χ4v) is 3.39. The molecule has 3 rings (SSSR count). The Kier molecular flexibility index (Phi) is 4.11. The Bertz CT molecular complexity index is 552. The Morgan fingerprint density at radius 2 is 2.42 bits per heavy atom. The smallest absolute Gasteiger partial charge is 0.172 e. The van der Waals surface area contributed by atoms with Gasteiger partial charge in [0.2, 0.25) is 0 Å². The summed E-state index contributed by atoms with van der Waals surface area (Å²) >= 11 is 7.77. The molecule has 2 aromatic rings. The van der Waals surface area contributed by atoms with Crippen LogP contribution in [0.3, 0.4) is 0 Å². The van der Waals surface area contributed by atoms with Crippen molar-refractivity contribution in [1.29, 1.82) is 0 Å². The van der Waals surface area contributed by atoms with Crippen LogP contribution in [0.25, 0.3) is 5.69 Å². The third-order valence-corrected chi connectivity index (χ3v) is 4.45. The second-order valence-corrected chi connectivity index (χ2v) is 5.93. The monoisotopic (exact) mass is 294 g/mol. The van der Waals surface area contributed by atoms with E-state index in [0.29, 0.717) is 6.10 Å². The van der Waals surface area contributed by atoms with E-state index < -0.39 is 0 Å². The van der Waals surface area contributed by atoms with Gasteiger partial charge in [0.25, 0.3) is 0 Å². The molecule has 1 aliphatic heterocycles. The maximum Gasteiger partial charge on any atom is 0.172 e. The van der Waals surface area contributed by atoms with Crippen molar-refractivity contribution in [2.75, 3.05) is 12.4 Å². The van der Waals surface area contributed by atoms with Gasteiger partial charge in [-0.1, -0.05) is 29.4 Å². The molecule has 1 atom stereocenters. The average Bonchev–Trinajstić information content (AvgIpc) is 3.08. The largest absolute Gasteiger partial charge is 0.377 e. The zero-order valence-electron chi connectivity index (χ0n) is 10.5. The molecule has 3 nitrogen and oxygen atoms in total. The van der Waals surface area contributed by atoms with Gasteiger partial charge in [-0.05, 0) is 31.0 Å². The van der Waals surface area contributed by atoms with Crippen molar-refractivity contribution in [3.05, 3.63) is 41.7 Å². The van der Waals surface area contributed by atoms with E-state index in [-0.39, 0.29) is 0 Å². The molecule has 0 bridgehead atoms. The molecular formula is C14H15ClN2OS. The number of halogens is 1. The second kappa shape index (κ2) is 5.99. The molecule has 2 heterocycles. The van der Waals surface area contributed by atoms with Gasteiger partial charge in [-0.15, -0.1) is 0 Å². The van der Waals surface area contributed by atoms with Gasteiger partial charge in [-0.2, -0.15) is 0 Å². The highest BCUT2D eigenvalue weighted by molar-refractivity contribution is 7.99. The van der Waals surface area contributed by atoms with Gasteiger partial charge in [0, 0.05) is 35.5 Å². The van der Waals surface area contributed by atoms with Crippen LogP contribution in [0.15, 0.2) is 41.8 Å². The van der Waals surface area contributed by atoms with Crippen LogP contribution in [-0.4, -0.2) is 28.0 Å². The normalized spacial score (nSPS) is 18.9. The summed E-state index contributed by atoms with van der Waals surface area (Å²) in [5, 5.41) is 1.72. The lowest BCUT2D eigenvalue weighted by molar-refractivity contribution is 0.129. The highest BCUT2D eigenvalue weighted by Crippen LogP contribution is 2.25. The maximum atomic E-state index is 6.03. The van der Waals surface area contributed by atoms with Crippen molar-refractivity contribution in [3.63, 3.8) is 0 Å². The molecule has 5 heteroatoms. The first kappa shape index (κ1) is 13.0. The van der Waals surface area contributed by atoms with Crippen molar-refractivity contribution in [2.45, 2.75) is 24.1 Å². The minimum atomic E-state index is 0.370. The minimum absolute atomic E-state index is 0.370. The third-order valence-electron chi connectivity index (χ3n) is 3.12. The summed E-state index contributed by atoms with van der Waals surface area (Å²) in [6.45, 7) is 0.897. The van der Waals surface area contributed by atoms with E-state index in [1.54, 1.807) is 11.8 Å². The number of benzene rings is 1. The Labute approximate surface area is 121 Å². The van der Waals surface area contributed by atoms with Gasteiger partial charge in [-0.3, -0.25) is 4.57 Å². The highest BCUT2D eigenvalue weighted by atomic mass is 35.5. The van der Waals surface area contributed by atoms with E-state index in [2.05, 4.69) is 9.55 Å². The Hall–Kier alpha value is -0.970. The minimum Gasteiger partial charge on any atom is -0.377 e. The average molecular weight is 295 g/mol. The predicted molar refractivity (Wildman–Crippen MR) is 78.3 cm³/mol. The number of thioether (sulfide) groups is 1. The first-order chi connectivity index (χ1) is 9.33. The highest BCUT2D eigenvalue weighted by Gasteiger charge is 2.17. The number of rotatable bonds is 4. The van der Waals surface area contributed by atoms with E-state index in [9.17, 15) is 0 Å². The standard InChI is InChI=1S/C14H15ClN2OS/c15-11-3-1-4-12(9-11)17-7-6-16-14(17)19-10-13-5-2-8-18-13/h1,3-4,6-7,9,13H,2,5,8,10H2. The van der Waals surface area contributed by atoms with E-state index in [1.807, 2.05) is 36.7 Å². The molecule has 1 aromatic carbocycles. The molecule has 1 saturated heterocycles. The molecule has 0 amide bonds. The lowest BCUT2D eigenvalue weighted by Gasteiger charge is -2.10. The summed E-state index contributed by atoms with van der Waals surface area (Å²) in [6.07, 6.45) is 6.48. The van der Waals surface area contributed by atoms with Crippen LogP contribution >= 0.6 is 23.4 Å². The van der Waals surface area contributed by atoms with Gasteiger partial charge in [0.05, 0.1) is 6.10 Å². The molecular weight excluding hydrogens is 280 g/mol. The summed E-state index contributed by atoms with van der Waals surface area (Å²) in [5.41, 5.74) is 1.04. The van der Waals surface area contributed by atoms with Crippen LogP contribution in [0.5, 0.6) is 0 Å². The van der Waals surface area contributed by atoms with Crippen molar-refractivity contribution < 1.29 is 4.74 Å². The number of ether oxygens (including phenoxy) is 1. The van der Waals surface area contributed by atoms with Crippen molar-refractivity contribution >= 4 is 23.4 Å². The summed E-state index contributed by atoms with van der Waals surface area (Å²) < 4.78 is 7.70. The van der Waals surface area contributed by atoms with E-state index >= 15 is 0 Å². The zero-order valence-corrected chi connectivity index (χ0v) is 12.0. The van der Waals surface area contributed by atoms with Crippen LogP contribution in [-0.2, 0) is 4.74 Å². The number of imidazole rings is 1. The quantitative estimate of drug-likeness (QED) is 0.803. The first-order valence-corrected chi connectivity index (χ1v) is 7.73. The number of nitrogens with zero attached hydrogens (tertiary/aromatic N) is 2.